The number of hydrogen-bond donors (Lipinski definition) is 2. The van der Waals surface area contributed by atoms with Crippen LogP contribution in [0.5, 0.6) is 0 Å². The first kappa shape index (κ1) is 25.8. The summed E-state index contributed by atoms with van der Waals surface area (Å²) in [5, 5.41) is 2.59. The number of thiol groups is 1. The van der Waals surface area contributed by atoms with Crippen LogP contribution in [0.3, 0.4) is 0 Å². The van der Waals surface area contributed by atoms with E-state index in [-0.39, 0.29) is 23.8 Å². The molecule has 1 N–H and O–H groups in total. The van der Waals surface area contributed by atoms with Gasteiger partial charge in [-0.05, 0) is 38.1 Å². The summed E-state index contributed by atoms with van der Waals surface area (Å²) < 4.78 is 40.2. The van der Waals surface area contributed by atoms with E-state index in [0.29, 0.717) is 48.5 Å². The molecular formula is C26H26F2N4O5S. The first-order valence-electron chi connectivity index (χ1n) is 12.1. The summed E-state index contributed by atoms with van der Waals surface area (Å²) in [5.41, 5.74) is 1.33. The van der Waals surface area contributed by atoms with Crippen LogP contribution in [0.1, 0.15) is 23.0 Å². The Morgan fingerprint density at radius 1 is 1.11 bits per heavy atom. The SMILES string of the molecule is Cc1c(C(=O)N2CCN(c3ccc(N4CC(C(C)NC(=O)S)OC4=O)cc3F)CC2)oc2c(F)cccc12. The summed E-state index contributed by atoms with van der Waals surface area (Å²) in [6.07, 6.45) is -1.23. The number of para-hydroxylation sites is 1. The van der Waals surface area contributed by atoms with Gasteiger partial charge in [0, 0.05) is 37.1 Å². The smallest absolute Gasteiger partial charge is 0.414 e. The average molecular weight is 545 g/mol. The molecule has 0 saturated carbocycles. The number of furan rings is 1. The molecule has 2 aromatic carbocycles. The monoisotopic (exact) mass is 544 g/mol. The Hall–Kier alpha value is -3.80. The maximum Gasteiger partial charge on any atom is 0.414 e. The molecule has 1 aromatic heterocycles. The second-order valence-electron chi connectivity index (χ2n) is 9.36. The van der Waals surface area contributed by atoms with Gasteiger partial charge in [-0.1, -0.05) is 24.8 Å². The maximum absolute atomic E-state index is 15.2. The van der Waals surface area contributed by atoms with Crippen LogP contribution in [-0.2, 0) is 4.74 Å². The summed E-state index contributed by atoms with van der Waals surface area (Å²) >= 11 is 3.68. The van der Waals surface area contributed by atoms with Gasteiger partial charge in [-0.15, -0.1) is 0 Å². The van der Waals surface area contributed by atoms with E-state index in [0.717, 1.165) is 0 Å². The van der Waals surface area contributed by atoms with Crippen molar-refractivity contribution in [1.82, 2.24) is 10.2 Å². The zero-order chi connectivity index (χ0) is 27.1. The van der Waals surface area contributed by atoms with Gasteiger partial charge in [-0.3, -0.25) is 14.5 Å². The van der Waals surface area contributed by atoms with Gasteiger partial charge < -0.3 is 24.3 Å². The zero-order valence-corrected chi connectivity index (χ0v) is 21.6. The van der Waals surface area contributed by atoms with Crippen molar-refractivity contribution in [3.8, 4) is 0 Å². The summed E-state index contributed by atoms with van der Waals surface area (Å²) in [5.74, 6) is -1.27. The topological polar surface area (TPSA) is 95.3 Å². The first-order chi connectivity index (χ1) is 18.1. The number of hydrogen-bond acceptors (Lipinski definition) is 6. The number of carbonyl (C=O) groups is 3. The molecule has 2 unspecified atom stereocenters. The van der Waals surface area contributed by atoms with Crippen molar-refractivity contribution in [2.75, 3.05) is 42.5 Å². The zero-order valence-electron chi connectivity index (χ0n) is 20.7. The number of nitrogens with zero attached hydrogens (tertiary/aromatic N) is 3. The first-order valence-corrected chi connectivity index (χ1v) is 12.6. The fourth-order valence-electron chi connectivity index (χ4n) is 4.87. The number of amides is 3. The van der Waals surface area contributed by atoms with Crippen LogP contribution in [-0.4, -0.2) is 67.0 Å². The van der Waals surface area contributed by atoms with Crippen molar-refractivity contribution in [2.45, 2.75) is 26.0 Å². The Bertz CT molecular complexity index is 1420. The van der Waals surface area contributed by atoms with Gasteiger partial charge in [-0.25, -0.2) is 13.6 Å². The van der Waals surface area contributed by atoms with E-state index >= 15 is 4.39 Å². The van der Waals surface area contributed by atoms with Crippen molar-refractivity contribution in [2.24, 2.45) is 0 Å². The van der Waals surface area contributed by atoms with Crippen LogP contribution in [0.25, 0.3) is 11.0 Å². The minimum atomic E-state index is -0.629. The highest BCUT2D eigenvalue weighted by atomic mass is 32.1. The summed E-state index contributed by atoms with van der Waals surface area (Å²) in [6, 6.07) is 8.60. The van der Waals surface area contributed by atoms with Crippen LogP contribution in [0.4, 0.5) is 29.7 Å². The molecule has 38 heavy (non-hydrogen) atoms. The average Bonchev–Trinajstić information content (AvgIpc) is 3.44. The normalized spacial score (nSPS) is 18.6. The highest BCUT2D eigenvalue weighted by molar-refractivity contribution is 7.96. The van der Waals surface area contributed by atoms with E-state index < -0.39 is 35.1 Å². The number of rotatable bonds is 5. The van der Waals surface area contributed by atoms with Crippen molar-refractivity contribution < 1.29 is 32.3 Å². The van der Waals surface area contributed by atoms with Crippen LogP contribution < -0.4 is 15.1 Å². The highest BCUT2D eigenvalue weighted by Gasteiger charge is 2.36. The maximum atomic E-state index is 15.2. The van der Waals surface area contributed by atoms with Crippen molar-refractivity contribution in [3.05, 3.63) is 59.4 Å². The number of piperazine rings is 1. The number of aryl methyl sites for hydroxylation is 1. The summed E-state index contributed by atoms with van der Waals surface area (Å²) in [6.45, 7) is 4.98. The number of fused-ring (bicyclic) bond motifs is 1. The van der Waals surface area contributed by atoms with E-state index in [4.69, 9.17) is 9.15 Å². The molecule has 0 radical (unpaired) electrons. The highest BCUT2D eigenvalue weighted by Crippen LogP contribution is 2.31. The molecule has 2 fully saturated rings. The van der Waals surface area contributed by atoms with E-state index in [1.54, 1.807) is 43.0 Å². The van der Waals surface area contributed by atoms with Crippen LogP contribution in [0, 0.1) is 18.6 Å². The van der Waals surface area contributed by atoms with Crippen LogP contribution in [0.2, 0.25) is 0 Å². The number of ether oxygens (including phenoxy) is 1. The lowest BCUT2D eigenvalue weighted by Gasteiger charge is -2.36. The molecule has 5 rings (SSSR count). The standard InChI is InChI=1S/C26H26F2N4O5S/c1-14-17-4-3-5-18(27)23(17)37-22(14)24(33)31-10-8-30(9-11-31)20-7-6-16(12-19(20)28)32-13-21(36-26(32)35)15(2)29-25(34)38/h3-7,12,15,21H,8-11,13H2,1-2H3,(H2,29,34,38). The van der Waals surface area contributed by atoms with Crippen molar-refractivity contribution in [1.29, 1.82) is 0 Å². The number of cyclic esters (lactones) is 1. The van der Waals surface area contributed by atoms with E-state index in [2.05, 4.69) is 17.9 Å². The minimum Gasteiger partial charge on any atom is -0.448 e. The predicted octanol–water partition coefficient (Wildman–Crippen LogP) is 4.33. The van der Waals surface area contributed by atoms with Gasteiger partial charge in [0.15, 0.2) is 17.2 Å². The molecule has 2 atom stereocenters. The molecule has 3 heterocycles. The molecule has 200 valence electrons. The number of benzene rings is 2. The van der Waals surface area contributed by atoms with Gasteiger partial charge in [0.25, 0.3) is 11.1 Å². The Labute approximate surface area is 222 Å². The molecule has 2 aliphatic heterocycles. The lowest BCUT2D eigenvalue weighted by molar-refractivity contribution is 0.0715. The molecule has 0 aliphatic carbocycles. The molecule has 12 heteroatoms. The second-order valence-corrected chi connectivity index (χ2v) is 9.76. The largest absolute Gasteiger partial charge is 0.448 e. The molecule has 3 aromatic rings. The van der Waals surface area contributed by atoms with Crippen LogP contribution >= 0.6 is 12.6 Å². The Kier molecular flexibility index (Phi) is 6.91. The summed E-state index contributed by atoms with van der Waals surface area (Å²) in [4.78, 5) is 41.4. The van der Waals surface area contributed by atoms with Gasteiger partial charge in [0.1, 0.15) is 11.9 Å². The Morgan fingerprint density at radius 3 is 2.50 bits per heavy atom. The van der Waals surface area contributed by atoms with E-state index in [1.165, 1.54) is 17.0 Å². The second kappa shape index (κ2) is 10.2. The third-order valence-corrected chi connectivity index (χ3v) is 7.13. The molecule has 2 saturated heterocycles. The van der Waals surface area contributed by atoms with Crippen molar-refractivity contribution >= 4 is 52.2 Å². The van der Waals surface area contributed by atoms with Gasteiger partial charge in [-0.2, -0.15) is 0 Å². The number of carbonyl (C=O) groups excluding carboxylic acids is 3. The number of nitrogens with one attached hydrogen (secondary N) is 1. The minimum absolute atomic E-state index is 0.0586. The Balaban J connectivity index is 1.24. The number of halogens is 2. The lowest BCUT2D eigenvalue weighted by atomic mass is 10.1. The van der Waals surface area contributed by atoms with Gasteiger partial charge in [0.2, 0.25) is 0 Å². The van der Waals surface area contributed by atoms with E-state index in [9.17, 15) is 18.8 Å². The molecule has 0 bridgehead atoms. The molecule has 0 spiro atoms. The fourth-order valence-corrected chi connectivity index (χ4v) is 5.07. The van der Waals surface area contributed by atoms with Gasteiger partial charge in [0.05, 0.1) is 24.0 Å². The summed E-state index contributed by atoms with van der Waals surface area (Å²) in [7, 11) is 0. The number of anilines is 2. The van der Waals surface area contributed by atoms with E-state index in [1.807, 2.05) is 4.90 Å². The molecule has 9 nitrogen and oxygen atoms in total. The fraction of sp³-hybridized carbons (Fsp3) is 0.346. The van der Waals surface area contributed by atoms with Gasteiger partial charge >= 0.3 is 6.09 Å². The van der Waals surface area contributed by atoms with Crippen molar-refractivity contribution in [3.63, 3.8) is 0 Å². The van der Waals surface area contributed by atoms with Crippen LogP contribution in [0.15, 0.2) is 40.8 Å². The lowest BCUT2D eigenvalue weighted by Crippen LogP contribution is -2.49. The molecule has 2 aliphatic rings. The predicted molar refractivity (Wildman–Crippen MR) is 140 cm³/mol. The molecule has 3 amide bonds. The quantitative estimate of drug-likeness (QED) is 0.465. The Morgan fingerprint density at radius 2 is 1.84 bits per heavy atom. The third-order valence-electron chi connectivity index (χ3n) is 7.00. The molecular weight excluding hydrogens is 518 g/mol. The third kappa shape index (κ3) is 4.75.